The Morgan fingerprint density at radius 1 is 1.29 bits per heavy atom. The highest BCUT2D eigenvalue weighted by Crippen LogP contribution is 2.22. The molecule has 0 saturated carbocycles. The molecule has 1 N–H and O–H groups in total. The molecule has 0 radical (unpaired) electrons. The van der Waals surface area contributed by atoms with Gasteiger partial charge in [-0.2, -0.15) is 4.31 Å². The number of sulfonamides is 1. The highest BCUT2D eigenvalue weighted by molar-refractivity contribution is 7.89. The van der Waals surface area contributed by atoms with E-state index in [4.69, 9.17) is 0 Å². The Bertz CT molecular complexity index is 694. The summed E-state index contributed by atoms with van der Waals surface area (Å²) in [6.45, 7) is 4.30. The molecule has 0 spiro atoms. The predicted molar refractivity (Wildman–Crippen MR) is 84.7 cm³/mol. The molecule has 114 valence electrons. The lowest BCUT2D eigenvalue weighted by Crippen LogP contribution is -2.30. The molecule has 4 nitrogen and oxygen atoms in total. The smallest absolute Gasteiger partial charge is 0.243 e. The van der Waals surface area contributed by atoms with Gasteiger partial charge in [-0.05, 0) is 41.6 Å². The molecule has 1 aromatic heterocycles. The van der Waals surface area contributed by atoms with Crippen LogP contribution in [0.2, 0.25) is 0 Å². The van der Waals surface area contributed by atoms with Gasteiger partial charge >= 0.3 is 0 Å². The normalized spacial score (nSPS) is 12.0. The van der Waals surface area contributed by atoms with E-state index in [2.05, 4.69) is 0 Å². The van der Waals surface area contributed by atoms with E-state index >= 15 is 0 Å². The van der Waals surface area contributed by atoms with Crippen LogP contribution >= 0.6 is 11.3 Å². The number of aliphatic hydroxyl groups is 1. The van der Waals surface area contributed by atoms with Gasteiger partial charge in [-0.25, -0.2) is 8.42 Å². The monoisotopic (exact) mass is 325 g/mol. The highest BCUT2D eigenvalue weighted by Gasteiger charge is 2.24. The molecule has 1 heterocycles. The minimum Gasteiger partial charge on any atom is -0.392 e. The van der Waals surface area contributed by atoms with Gasteiger partial charge in [0.2, 0.25) is 10.0 Å². The lowest BCUT2D eigenvalue weighted by Gasteiger charge is -2.20. The Kier molecular flexibility index (Phi) is 5.16. The van der Waals surface area contributed by atoms with Crippen LogP contribution in [-0.2, 0) is 23.2 Å². The molecule has 0 amide bonds. The Hall–Kier alpha value is -1.21. The maximum Gasteiger partial charge on any atom is 0.243 e. The van der Waals surface area contributed by atoms with Crippen molar-refractivity contribution in [1.82, 2.24) is 4.31 Å². The SMILES string of the molecule is CCN(Cc1cccs1)S(=O)(=O)c1ccc(C)c(CO)c1. The van der Waals surface area contributed by atoms with Crippen molar-refractivity contribution in [2.24, 2.45) is 0 Å². The van der Waals surface area contributed by atoms with Crippen molar-refractivity contribution in [3.8, 4) is 0 Å². The fourth-order valence-corrected chi connectivity index (χ4v) is 4.35. The summed E-state index contributed by atoms with van der Waals surface area (Å²) in [5, 5.41) is 11.2. The molecule has 0 bridgehead atoms. The molecule has 0 aliphatic rings. The Balaban J connectivity index is 2.35. The number of aliphatic hydroxyl groups excluding tert-OH is 1. The number of rotatable bonds is 6. The third-order valence-electron chi connectivity index (χ3n) is 3.39. The summed E-state index contributed by atoms with van der Waals surface area (Å²) in [7, 11) is -3.55. The molecule has 0 aliphatic carbocycles. The quantitative estimate of drug-likeness (QED) is 0.888. The molecular formula is C15H19NO3S2. The van der Waals surface area contributed by atoms with Gasteiger partial charge in [0.1, 0.15) is 0 Å². The first-order valence-electron chi connectivity index (χ1n) is 6.72. The Morgan fingerprint density at radius 3 is 2.62 bits per heavy atom. The fourth-order valence-electron chi connectivity index (χ4n) is 2.07. The van der Waals surface area contributed by atoms with Crippen LogP contribution in [-0.4, -0.2) is 24.4 Å². The zero-order chi connectivity index (χ0) is 15.5. The van der Waals surface area contributed by atoms with Crippen LogP contribution in [0.4, 0.5) is 0 Å². The van der Waals surface area contributed by atoms with Crippen LogP contribution in [0.3, 0.4) is 0 Å². The lowest BCUT2D eigenvalue weighted by molar-refractivity contribution is 0.280. The number of benzene rings is 1. The lowest BCUT2D eigenvalue weighted by atomic mass is 10.1. The first-order chi connectivity index (χ1) is 9.98. The van der Waals surface area contributed by atoms with E-state index in [0.29, 0.717) is 18.7 Å². The number of nitrogens with zero attached hydrogens (tertiary/aromatic N) is 1. The van der Waals surface area contributed by atoms with Gasteiger partial charge in [0.05, 0.1) is 11.5 Å². The molecule has 0 fully saturated rings. The molecule has 2 aromatic rings. The zero-order valence-corrected chi connectivity index (χ0v) is 13.7. The van der Waals surface area contributed by atoms with Crippen molar-refractivity contribution in [1.29, 1.82) is 0 Å². The number of thiophene rings is 1. The van der Waals surface area contributed by atoms with E-state index in [0.717, 1.165) is 10.4 Å². The zero-order valence-electron chi connectivity index (χ0n) is 12.1. The predicted octanol–water partition coefficient (Wildman–Crippen LogP) is 2.76. The molecular weight excluding hydrogens is 306 g/mol. The van der Waals surface area contributed by atoms with E-state index in [1.165, 1.54) is 4.31 Å². The topological polar surface area (TPSA) is 57.6 Å². The molecule has 0 aliphatic heterocycles. The summed E-state index contributed by atoms with van der Waals surface area (Å²) in [4.78, 5) is 1.24. The first-order valence-corrected chi connectivity index (χ1v) is 9.04. The van der Waals surface area contributed by atoms with Gasteiger partial charge in [-0.1, -0.05) is 19.1 Å². The summed E-state index contributed by atoms with van der Waals surface area (Å²) in [6, 6.07) is 8.73. The van der Waals surface area contributed by atoms with Crippen LogP contribution < -0.4 is 0 Å². The molecule has 0 saturated heterocycles. The van der Waals surface area contributed by atoms with Gasteiger partial charge in [0.25, 0.3) is 0 Å². The second-order valence-corrected chi connectivity index (χ2v) is 7.73. The van der Waals surface area contributed by atoms with Crippen LogP contribution in [0.25, 0.3) is 0 Å². The Labute approximate surface area is 129 Å². The van der Waals surface area contributed by atoms with Gasteiger partial charge < -0.3 is 5.11 Å². The van der Waals surface area contributed by atoms with Crippen molar-refractivity contribution in [3.05, 3.63) is 51.7 Å². The maximum absolute atomic E-state index is 12.7. The van der Waals surface area contributed by atoms with Crippen molar-refractivity contribution in [3.63, 3.8) is 0 Å². The van der Waals surface area contributed by atoms with Crippen LogP contribution in [0.5, 0.6) is 0 Å². The van der Waals surface area contributed by atoms with Gasteiger partial charge in [-0.15, -0.1) is 11.3 Å². The molecule has 2 rings (SSSR count). The summed E-state index contributed by atoms with van der Waals surface area (Å²) in [6.07, 6.45) is 0. The van der Waals surface area contributed by atoms with Crippen molar-refractivity contribution in [2.75, 3.05) is 6.54 Å². The van der Waals surface area contributed by atoms with Crippen molar-refractivity contribution >= 4 is 21.4 Å². The van der Waals surface area contributed by atoms with Crippen LogP contribution in [0, 0.1) is 6.92 Å². The summed E-state index contributed by atoms with van der Waals surface area (Å²) in [5.74, 6) is 0. The Morgan fingerprint density at radius 2 is 2.05 bits per heavy atom. The molecule has 1 aromatic carbocycles. The maximum atomic E-state index is 12.7. The average molecular weight is 325 g/mol. The second kappa shape index (κ2) is 6.70. The van der Waals surface area contributed by atoms with Crippen LogP contribution in [0.1, 0.15) is 22.9 Å². The summed E-state index contributed by atoms with van der Waals surface area (Å²) in [5.41, 5.74) is 1.53. The third-order valence-corrected chi connectivity index (χ3v) is 6.17. The summed E-state index contributed by atoms with van der Waals surface area (Å²) >= 11 is 1.54. The first kappa shape index (κ1) is 16.2. The summed E-state index contributed by atoms with van der Waals surface area (Å²) < 4.78 is 26.9. The number of hydrogen-bond donors (Lipinski definition) is 1. The standard InChI is InChI=1S/C15H19NO3S2/c1-3-16(10-14-5-4-8-20-14)21(18,19)15-7-6-12(2)13(9-15)11-17/h4-9,17H,3,10-11H2,1-2H3. The van der Waals surface area contributed by atoms with Crippen molar-refractivity contribution < 1.29 is 13.5 Å². The van der Waals surface area contributed by atoms with Crippen molar-refractivity contribution in [2.45, 2.75) is 31.9 Å². The molecule has 0 atom stereocenters. The minimum atomic E-state index is -3.55. The largest absolute Gasteiger partial charge is 0.392 e. The van der Waals surface area contributed by atoms with Gasteiger partial charge in [-0.3, -0.25) is 0 Å². The van der Waals surface area contributed by atoms with E-state index < -0.39 is 10.0 Å². The molecule has 6 heteroatoms. The van der Waals surface area contributed by atoms with Gasteiger partial charge in [0.15, 0.2) is 0 Å². The van der Waals surface area contributed by atoms with Crippen LogP contribution in [0.15, 0.2) is 40.6 Å². The minimum absolute atomic E-state index is 0.160. The molecule has 21 heavy (non-hydrogen) atoms. The second-order valence-electron chi connectivity index (χ2n) is 4.76. The average Bonchev–Trinajstić information content (AvgIpc) is 2.97. The van der Waals surface area contributed by atoms with E-state index in [1.54, 1.807) is 29.5 Å². The van der Waals surface area contributed by atoms with E-state index in [-0.39, 0.29) is 11.5 Å². The van der Waals surface area contributed by atoms with E-state index in [1.807, 2.05) is 31.4 Å². The van der Waals surface area contributed by atoms with Gasteiger partial charge in [0, 0.05) is 18.0 Å². The molecule has 0 unspecified atom stereocenters. The fraction of sp³-hybridized carbons (Fsp3) is 0.333. The van der Waals surface area contributed by atoms with E-state index in [9.17, 15) is 13.5 Å². The number of hydrogen-bond acceptors (Lipinski definition) is 4. The highest BCUT2D eigenvalue weighted by atomic mass is 32.2. The number of aryl methyl sites for hydroxylation is 1. The third kappa shape index (κ3) is 3.52.